The summed E-state index contributed by atoms with van der Waals surface area (Å²) in [5.41, 5.74) is 2.62. The van der Waals surface area contributed by atoms with Gasteiger partial charge in [0.25, 0.3) is 0 Å². The van der Waals surface area contributed by atoms with Gasteiger partial charge in [-0.15, -0.1) is 0 Å². The predicted octanol–water partition coefficient (Wildman–Crippen LogP) is 3.13. The van der Waals surface area contributed by atoms with Crippen molar-refractivity contribution in [2.24, 2.45) is 0 Å². The molecule has 0 aliphatic carbocycles. The molecule has 0 fully saturated rings. The van der Waals surface area contributed by atoms with Crippen LogP contribution in [0.4, 0.5) is 0 Å². The van der Waals surface area contributed by atoms with Crippen LogP contribution in [0.5, 0.6) is 0 Å². The number of ketones is 1. The molecule has 0 N–H and O–H groups in total. The van der Waals surface area contributed by atoms with E-state index >= 15 is 0 Å². The average molecular weight is 200 g/mol. The van der Waals surface area contributed by atoms with Crippen LogP contribution in [0.25, 0.3) is 0 Å². The number of rotatable bonds is 2. The summed E-state index contributed by atoms with van der Waals surface area (Å²) >= 11 is 0. The number of carbonyl (C=O) groups excluding carboxylic acids is 1. The second-order valence-corrected chi connectivity index (χ2v) is 3.63. The lowest BCUT2D eigenvalue weighted by molar-refractivity contribution is 0.101. The van der Waals surface area contributed by atoms with Gasteiger partial charge < -0.3 is 4.42 Å². The Hall–Kier alpha value is -1.83. The number of carbonyl (C=O) groups is 1. The largest absolute Gasteiger partial charge is 0.461 e. The van der Waals surface area contributed by atoms with Crippen molar-refractivity contribution in [1.82, 2.24) is 0 Å². The van der Waals surface area contributed by atoms with E-state index in [4.69, 9.17) is 4.42 Å². The van der Waals surface area contributed by atoms with Crippen LogP contribution < -0.4 is 0 Å². The molecule has 1 aromatic carbocycles. The third-order valence-electron chi connectivity index (χ3n) is 2.35. The Kier molecular flexibility index (Phi) is 2.42. The molecule has 15 heavy (non-hydrogen) atoms. The second kappa shape index (κ2) is 3.73. The molecule has 0 bridgehead atoms. The van der Waals surface area contributed by atoms with E-state index in [0.29, 0.717) is 11.3 Å². The highest BCUT2D eigenvalue weighted by Crippen LogP contribution is 2.15. The maximum atomic E-state index is 12.0. The van der Waals surface area contributed by atoms with Gasteiger partial charge in [-0.3, -0.25) is 4.79 Å². The van der Waals surface area contributed by atoms with E-state index in [9.17, 15) is 4.79 Å². The monoisotopic (exact) mass is 200 g/mol. The molecule has 1 heterocycles. The van der Waals surface area contributed by atoms with Crippen LogP contribution in [0.1, 0.15) is 27.2 Å². The molecular formula is C13H12O2. The van der Waals surface area contributed by atoms with Gasteiger partial charge in [-0.1, -0.05) is 23.8 Å². The Labute approximate surface area is 88.5 Å². The van der Waals surface area contributed by atoms with Crippen LogP contribution in [-0.2, 0) is 0 Å². The molecule has 0 aliphatic rings. The highest BCUT2D eigenvalue weighted by Gasteiger charge is 2.14. The highest BCUT2D eigenvalue weighted by atomic mass is 16.3. The van der Waals surface area contributed by atoms with Crippen molar-refractivity contribution < 1.29 is 9.21 Å². The predicted molar refractivity (Wildman–Crippen MR) is 58.1 cm³/mol. The molecular weight excluding hydrogens is 188 g/mol. The standard InChI is InChI=1S/C13H12O2/c1-9-4-3-5-11(8-9)12(14)13-10(2)6-7-15-13/h3-8H,1-2H3. The zero-order valence-electron chi connectivity index (χ0n) is 8.78. The summed E-state index contributed by atoms with van der Waals surface area (Å²) in [5.74, 6) is 0.377. The van der Waals surface area contributed by atoms with Crippen molar-refractivity contribution in [3.8, 4) is 0 Å². The summed E-state index contributed by atoms with van der Waals surface area (Å²) < 4.78 is 5.17. The van der Waals surface area contributed by atoms with Crippen molar-refractivity contribution in [3.63, 3.8) is 0 Å². The lowest BCUT2D eigenvalue weighted by Gasteiger charge is -2.00. The normalized spacial score (nSPS) is 10.3. The summed E-state index contributed by atoms with van der Waals surface area (Å²) in [4.78, 5) is 12.0. The molecule has 0 saturated heterocycles. The molecule has 0 saturated carbocycles. The lowest BCUT2D eigenvalue weighted by Crippen LogP contribution is -2.01. The Morgan fingerprint density at radius 3 is 2.60 bits per heavy atom. The molecule has 0 atom stereocenters. The molecule has 76 valence electrons. The summed E-state index contributed by atoms with van der Waals surface area (Å²) in [5, 5.41) is 0. The summed E-state index contributed by atoms with van der Waals surface area (Å²) in [6, 6.07) is 9.30. The lowest BCUT2D eigenvalue weighted by atomic mass is 10.0. The summed E-state index contributed by atoms with van der Waals surface area (Å²) in [6.07, 6.45) is 1.54. The summed E-state index contributed by atoms with van der Waals surface area (Å²) in [7, 11) is 0. The van der Waals surface area contributed by atoms with Crippen LogP contribution in [-0.4, -0.2) is 5.78 Å². The van der Waals surface area contributed by atoms with Crippen LogP contribution in [0, 0.1) is 13.8 Å². The molecule has 1 aromatic heterocycles. The van der Waals surface area contributed by atoms with Crippen LogP contribution >= 0.6 is 0 Å². The van der Waals surface area contributed by atoms with Gasteiger partial charge >= 0.3 is 0 Å². The molecule has 2 nitrogen and oxygen atoms in total. The average Bonchev–Trinajstić information content (AvgIpc) is 2.63. The zero-order valence-corrected chi connectivity index (χ0v) is 8.78. The van der Waals surface area contributed by atoms with Crippen molar-refractivity contribution in [2.75, 3.05) is 0 Å². The zero-order chi connectivity index (χ0) is 10.8. The highest BCUT2D eigenvalue weighted by molar-refractivity contribution is 6.08. The first kappa shape index (κ1) is 9.71. The van der Waals surface area contributed by atoms with E-state index < -0.39 is 0 Å². The quantitative estimate of drug-likeness (QED) is 0.697. The van der Waals surface area contributed by atoms with E-state index in [1.165, 1.54) is 0 Å². The van der Waals surface area contributed by atoms with Crippen molar-refractivity contribution in [3.05, 3.63) is 59.0 Å². The van der Waals surface area contributed by atoms with Gasteiger partial charge in [0, 0.05) is 5.56 Å². The van der Waals surface area contributed by atoms with E-state index in [-0.39, 0.29) is 5.78 Å². The fourth-order valence-electron chi connectivity index (χ4n) is 1.52. The second-order valence-electron chi connectivity index (χ2n) is 3.63. The van der Waals surface area contributed by atoms with Crippen LogP contribution in [0.15, 0.2) is 41.0 Å². The van der Waals surface area contributed by atoms with Crippen LogP contribution in [0.3, 0.4) is 0 Å². The molecule has 2 heteroatoms. The number of furan rings is 1. The van der Waals surface area contributed by atoms with E-state index in [1.54, 1.807) is 18.4 Å². The Morgan fingerprint density at radius 2 is 2.00 bits per heavy atom. The number of benzene rings is 1. The molecule has 0 amide bonds. The van der Waals surface area contributed by atoms with E-state index in [2.05, 4.69) is 0 Å². The number of hydrogen-bond acceptors (Lipinski definition) is 2. The topological polar surface area (TPSA) is 30.2 Å². The van der Waals surface area contributed by atoms with Gasteiger partial charge in [-0.05, 0) is 31.5 Å². The molecule has 0 spiro atoms. The first-order valence-electron chi connectivity index (χ1n) is 4.84. The maximum Gasteiger partial charge on any atom is 0.228 e. The first-order chi connectivity index (χ1) is 7.18. The van der Waals surface area contributed by atoms with Gasteiger partial charge in [-0.2, -0.15) is 0 Å². The molecule has 2 aromatic rings. The van der Waals surface area contributed by atoms with Gasteiger partial charge in [0.15, 0.2) is 5.76 Å². The number of hydrogen-bond donors (Lipinski definition) is 0. The van der Waals surface area contributed by atoms with E-state index in [1.807, 2.05) is 32.0 Å². The Morgan fingerprint density at radius 1 is 1.20 bits per heavy atom. The minimum atomic E-state index is -0.0544. The minimum Gasteiger partial charge on any atom is -0.461 e. The third-order valence-corrected chi connectivity index (χ3v) is 2.35. The summed E-state index contributed by atoms with van der Waals surface area (Å²) in [6.45, 7) is 3.83. The fourth-order valence-corrected chi connectivity index (χ4v) is 1.52. The van der Waals surface area contributed by atoms with Gasteiger partial charge in [0.2, 0.25) is 5.78 Å². The van der Waals surface area contributed by atoms with Gasteiger partial charge in [0.1, 0.15) is 0 Å². The minimum absolute atomic E-state index is 0.0544. The van der Waals surface area contributed by atoms with Crippen LogP contribution in [0.2, 0.25) is 0 Å². The smallest absolute Gasteiger partial charge is 0.228 e. The fraction of sp³-hybridized carbons (Fsp3) is 0.154. The Balaban J connectivity index is 2.41. The SMILES string of the molecule is Cc1cccc(C(=O)c2occc2C)c1. The molecule has 0 unspecified atom stereocenters. The first-order valence-corrected chi connectivity index (χ1v) is 4.84. The molecule has 2 rings (SSSR count). The third kappa shape index (κ3) is 1.84. The van der Waals surface area contributed by atoms with Crippen molar-refractivity contribution in [1.29, 1.82) is 0 Å². The van der Waals surface area contributed by atoms with Crippen molar-refractivity contribution >= 4 is 5.78 Å². The van der Waals surface area contributed by atoms with Gasteiger partial charge in [-0.25, -0.2) is 0 Å². The maximum absolute atomic E-state index is 12.0. The Bertz CT molecular complexity index is 495. The van der Waals surface area contributed by atoms with Gasteiger partial charge in [0.05, 0.1) is 6.26 Å². The molecule has 0 radical (unpaired) electrons. The molecule has 0 aliphatic heterocycles. The van der Waals surface area contributed by atoms with Crippen molar-refractivity contribution in [2.45, 2.75) is 13.8 Å². The number of aryl methyl sites for hydroxylation is 2. The van der Waals surface area contributed by atoms with E-state index in [0.717, 1.165) is 11.1 Å².